The summed E-state index contributed by atoms with van der Waals surface area (Å²) >= 11 is 0. The highest BCUT2D eigenvalue weighted by atomic mass is 16.2. The summed E-state index contributed by atoms with van der Waals surface area (Å²) < 4.78 is 0. The van der Waals surface area contributed by atoms with Crippen molar-refractivity contribution in [3.05, 3.63) is 65.5 Å². The molecule has 0 saturated carbocycles. The molecule has 1 heterocycles. The largest absolute Gasteiger partial charge is 0.336 e. The van der Waals surface area contributed by atoms with E-state index in [1.165, 1.54) is 5.56 Å². The molecule has 0 saturated heterocycles. The fraction of sp³-hybridized carbons (Fsp3) is 0.200. The molecule has 0 spiro atoms. The third-order valence-electron chi connectivity index (χ3n) is 2.90. The second kappa shape index (κ2) is 5.45. The van der Waals surface area contributed by atoms with Crippen LogP contribution in [0.15, 0.2) is 48.7 Å². The molecule has 0 aliphatic heterocycles. The van der Waals surface area contributed by atoms with Crippen LogP contribution in [-0.4, -0.2) is 22.8 Å². The van der Waals surface area contributed by atoms with Gasteiger partial charge in [-0.05, 0) is 30.2 Å². The average Bonchev–Trinajstić information content (AvgIpc) is 2.41. The van der Waals surface area contributed by atoms with Crippen LogP contribution in [0.25, 0.3) is 0 Å². The number of pyridine rings is 1. The van der Waals surface area contributed by atoms with Gasteiger partial charge in [-0.2, -0.15) is 0 Å². The Labute approximate surface area is 107 Å². The summed E-state index contributed by atoms with van der Waals surface area (Å²) in [5.41, 5.74) is 2.83. The highest BCUT2D eigenvalue weighted by Gasteiger charge is 2.13. The number of carbonyl (C=O) groups excluding carboxylic acids is 1. The maximum absolute atomic E-state index is 12.1. The first-order valence-electron chi connectivity index (χ1n) is 5.89. The van der Waals surface area contributed by atoms with Gasteiger partial charge in [0.15, 0.2) is 0 Å². The van der Waals surface area contributed by atoms with Crippen molar-refractivity contribution in [2.45, 2.75) is 13.5 Å². The lowest BCUT2D eigenvalue weighted by Gasteiger charge is -2.18. The van der Waals surface area contributed by atoms with Gasteiger partial charge in [-0.15, -0.1) is 0 Å². The van der Waals surface area contributed by atoms with Crippen molar-refractivity contribution < 1.29 is 4.79 Å². The minimum Gasteiger partial charge on any atom is -0.336 e. The molecule has 2 aromatic rings. The summed E-state index contributed by atoms with van der Waals surface area (Å²) in [6.07, 6.45) is 1.63. The van der Waals surface area contributed by atoms with Gasteiger partial charge < -0.3 is 4.90 Å². The first-order chi connectivity index (χ1) is 8.68. The Kier molecular flexibility index (Phi) is 3.72. The highest BCUT2D eigenvalue weighted by molar-refractivity contribution is 5.92. The quantitative estimate of drug-likeness (QED) is 0.826. The van der Waals surface area contributed by atoms with Crippen LogP contribution in [0.5, 0.6) is 0 Å². The van der Waals surface area contributed by atoms with Gasteiger partial charge in [0.05, 0.1) is 0 Å². The second-order valence-corrected chi connectivity index (χ2v) is 4.30. The Balaban J connectivity index is 2.11. The number of hydrogen-bond donors (Lipinski definition) is 0. The van der Waals surface area contributed by atoms with E-state index >= 15 is 0 Å². The molecule has 3 heteroatoms. The third kappa shape index (κ3) is 2.74. The van der Waals surface area contributed by atoms with Gasteiger partial charge in [0, 0.05) is 19.8 Å². The Hall–Kier alpha value is -2.16. The van der Waals surface area contributed by atoms with Crippen LogP contribution in [0, 0.1) is 6.92 Å². The highest BCUT2D eigenvalue weighted by Crippen LogP contribution is 2.11. The second-order valence-electron chi connectivity index (χ2n) is 4.30. The number of carbonyl (C=O) groups is 1. The predicted octanol–water partition coefficient (Wildman–Crippen LogP) is 2.66. The fourth-order valence-corrected chi connectivity index (χ4v) is 1.80. The van der Waals surface area contributed by atoms with Crippen LogP contribution in [0.1, 0.15) is 21.6 Å². The van der Waals surface area contributed by atoms with Crippen LogP contribution in [-0.2, 0) is 6.54 Å². The monoisotopic (exact) mass is 240 g/mol. The lowest BCUT2D eigenvalue weighted by atomic mass is 10.1. The Bertz CT molecular complexity index is 537. The first kappa shape index (κ1) is 12.3. The minimum atomic E-state index is -0.0566. The smallest absolute Gasteiger partial charge is 0.272 e. The Morgan fingerprint density at radius 3 is 2.56 bits per heavy atom. The summed E-state index contributed by atoms with van der Waals surface area (Å²) in [6.45, 7) is 2.65. The number of aryl methyl sites for hydroxylation is 1. The van der Waals surface area contributed by atoms with Crippen molar-refractivity contribution in [1.29, 1.82) is 0 Å². The zero-order chi connectivity index (χ0) is 13.0. The summed E-state index contributed by atoms with van der Waals surface area (Å²) in [5.74, 6) is -0.0566. The van der Waals surface area contributed by atoms with Crippen molar-refractivity contribution in [2.75, 3.05) is 7.05 Å². The van der Waals surface area contributed by atoms with E-state index in [2.05, 4.69) is 18.0 Å². The van der Waals surface area contributed by atoms with Gasteiger partial charge in [0.2, 0.25) is 0 Å². The number of rotatable bonds is 3. The van der Waals surface area contributed by atoms with E-state index in [0.717, 1.165) is 5.56 Å². The molecule has 0 fully saturated rings. The van der Waals surface area contributed by atoms with E-state index in [-0.39, 0.29) is 5.91 Å². The van der Waals surface area contributed by atoms with Gasteiger partial charge in [-0.1, -0.05) is 30.3 Å². The van der Waals surface area contributed by atoms with E-state index in [1.807, 2.05) is 24.3 Å². The first-order valence-corrected chi connectivity index (χ1v) is 5.89. The molecule has 1 aromatic carbocycles. The van der Waals surface area contributed by atoms with Gasteiger partial charge in [0.1, 0.15) is 5.69 Å². The van der Waals surface area contributed by atoms with Crippen LogP contribution in [0.4, 0.5) is 0 Å². The molecule has 18 heavy (non-hydrogen) atoms. The molecule has 1 amide bonds. The average molecular weight is 240 g/mol. The minimum absolute atomic E-state index is 0.0566. The van der Waals surface area contributed by atoms with Crippen molar-refractivity contribution in [2.24, 2.45) is 0 Å². The zero-order valence-corrected chi connectivity index (χ0v) is 10.6. The van der Waals surface area contributed by atoms with Gasteiger partial charge in [-0.25, -0.2) is 0 Å². The van der Waals surface area contributed by atoms with Gasteiger partial charge in [0.25, 0.3) is 5.91 Å². The molecule has 0 radical (unpaired) electrons. The molecule has 92 valence electrons. The molecule has 0 N–H and O–H groups in total. The maximum atomic E-state index is 12.1. The van der Waals surface area contributed by atoms with Gasteiger partial charge in [-0.3, -0.25) is 9.78 Å². The summed E-state index contributed by atoms with van der Waals surface area (Å²) in [5, 5.41) is 0. The zero-order valence-electron chi connectivity index (χ0n) is 10.6. The SMILES string of the molecule is Cc1ccccc1CN(C)C(=O)c1ccccn1. The number of hydrogen-bond acceptors (Lipinski definition) is 2. The van der Waals surface area contributed by atoms with Gasteiger partial charge >= 0.3 is 0 Å². The predicted molar refractivity (Wildman–Crippen MR) is 71.2 cm³/mol. The van der Waals surface area contributed by atoms with E-state index in [4.69, 9.17) is 0 Å². The molecule has 0 bridgehead atoms. The topological polar surface area (TPSA) is 33.2 Å². The lowest BCUT2D eigenvalue weighted by Crippen LogP contribution is -2.27. The van der Waals surface area contributed by atoms with Crippen molar-refractivity contribution in [3.63, 3.8) is 0 Å². The van der Waals surface area contributed by atoms with Crippen LogP contribution < -0.4 is 0 Å². The summed E-state index contributed by atoms with van der Waals surface area (Å²) in [6, 6.07) is 13.4. The van der Waals surface area contributed by atoms with E-state index in [1.54, 1.807) is 30.3 Å². The number of amides is 1. The van der Waals surface area contributed by atoms with E-state index in [9.17, 15) is 4.79 Å². The van der Waals surface area contributed by atoms with Crippen molar-refractivity contribution >= 4 is 5.91 Å². The molecule has 0 aliphatic carbocycles. The Morgan fingerprint density at radius 1 is 1.17 bits per heavy atom. The van der Waals surface area contributed by atoms with Crippen LogP contribution in [0.3, 0.4) is 0 Å². The maximum Gasteiger partial charge on any atom is 0.272 e. The number of nitrogens with zero attached hydrogens (tertiary/aromatic N) is 2. The standard InChI is InChI=1S/C15H16N2O/c1-12-7-3-4-8-13(12)11-17(2)15(18)14-9-5-6-10-16-14/h3-10H,11H2,1-2H3. The van der Waals surface area contributed by atoms with Crippen molar-refractivity contribution in [3.8, 4) is 0 Å². The normalized spacial score (nSPS) is 10.1. The summed E-state index contributed by atoms with van der Waals surface area (Å²) in [4.78, 5) is 17.9. The van der Waals surface area contributed by atoms with E-state index in [0.29, 0.717) is 12.2 Å². The molecule has 1 aromatic heterocycles. The molecule has 0 aliphatic rings. The lowest BCUT2D eigenvalue weighted by molar-refractivity contribution is 0.0779. The number of aromatic nitrogens is 1. The summed E-state index contributed by atoms with van der Waals surface area (Å²) in [7, 11) is 1.80. The fourth-order valence-electron chi connectivity index (χ4n) is 1.80. The van der Waals surface area contributed by atoms with Crippen LogP contribution >= 0.6 is 0 Å². The van der Waals surface area contributed by atoms with E-state index < -0.39 is 0 Å². The molecule has 0 atom stereocenters. The van der Waals surface area contributed by atoms with Crippen molar-refractivity contribution in [1.82, 2.24) is 9.88 Å². The molecular formula is C15H16N2O. The van der Waals surface area contributed by atoms with Crippen LogP contribution in [0.2, 0.25) is 0 Å². The molecule has 2 rings (SSSR count). The number of benzene rings is 1. The third-order valence-corrected chi connectivity index (χ3v) is 2.90. The molecule has 0 unspecified atom stereocenters. The molecular weight excluding hydrogens is 224 g/mol. The molecule has 3 nitrogen and oxygen atoms in total. The Morgan fingerprint density at radius 2 is 1.89 bits per heavy atom.